The quantitative estimate of drug-likeness (QED) is 0.193. The van der Waals surface area contributed by atoms with Gasteiger partial charge in [0, 0.05) is 11.1 Å². The van der Waals surface area contributed by atoms with Crippen molar-refractivity contribution in [1.29, 1.82) is 0 Å². The maximum Gasteiger partial charge on any atom is 0.240 e. The fraction of sp³-hybridized carbons (Fsp3) is 0.115. The monoisotopic (exact) mass is 444 g/mol. The molecule has 0 bridgehead atoms. The zero-order valence-electron chi connectivity index (χ0n) is 17.7. The first kappa shape index (κ1) is 21.7. The Morgan fingerprint density at radius 2 is 1.53 bits per heavy atom. The molecule has 0 aromatic heterocycles. The van der Waals surface area contributed by atoms with Crippen LogP contribution in [-0.2, 0) is 10.0 Å². The summed E-state index contributed by atoms with van der Waals surface area (Å²) in [5.41, 5.74) is 2.48. The molecule has 0 aliphatic carbocycles. The molecule has 32 heavy (non-hydrogen) atoms. The normalized spacial score (nSPS) is 13.2. The molecule has 4 rings (SSSR count). The molecule has 0 fully saturated rings. The van der Waals surface area contributed by atoms with E-state index < -0.39 is 16.1 Å². The van der Waals surface area contributed by atoms with Crippen molar-refractivity contribution in [3.63, 3.8) is 0 Å². The van der Waals surface area contributed by atoms with Crippen molar-refractivity contribution in [1.82, 2.24) is 4.72 Å². The summed E-state index contributed by atoms with van der Waals surface area (Å²) in [7, 11) is -3.77. The first-order valence-corrected chi connectivity index (χ1v) is 11.8. The van der Waals surface area contributed by atoms with Gasteiger partial charge in [-0.15, -0.1) is 0 Å². The summed E-state index contributed by atoms with van der Waals surface area (Å²) < 4.78 is 29.2. The van der Waals surface area contributed by atoms with Gasteiger partial charge in [0.2, 0.25) is 16.1 Å². The zero-order chi connectivity index (χ0) is 22.6. The molecule has 5 nitrogen and oxygen atoms in total. The molecule has 0 saturated heterocycles. The third-order valence-electron chi connectivity index (χ3n) is 5.36. The molecule has 1 unspecified atom stereocenters. The lowest BCUT2D eigenvalue weighted by Crippen LogP contribution is -2.32. The average Bonchev–Trinajstić information content (AvgIpc) is 2.80. The Hall–Kier alpha value is -3.48. The van der Waals surface area contributed by atoms with E-state index in [0.29, 0.717) is 0 Å². The Balaban J connectivity index is 1.72. The Kier molecular flexibility index (Phi) is 6.35. The Labute approximate surface area is 188 Å². The number of nitrogens with zero attached hydrogens (tertiary/aromatic N) is 1. The van der Waals surface area contributed by atoms with Gasteiger partial charge < -0.3 is 5.21 Å². The molecule has 0 amide bonds. The number of hydrogen-bond donors (Lipinski definition) is 1. The van der Waals surface area contributed by atoms with Crippen LogP contribution in [-0.4, -0.2) is 25.9 Å². The highest BCUT2D eigenvalue weighted by Gasteiger charge is 2.25. The molecule has 6 heteroatoms. The molecule has 0 saturated carbocycles. The summed E-state index contributed by atoms with van der Waals surface area (Å²) in [4.78, 5) is 0.171. The number of rotatable bonds is 7. The predicted octanol–water partition coefficient (Wildman–Crippen LogP) is 4.80. The molecule has 4 aromatic rings. The molecule has 162 valence electrons. The smallest absolute Gasteiger partial charge is 0.240 e. The fourth-order valence-corrected chi connectivity index (χ4v) is 4.68. The highest BCUT2D eigenvalue weighted by molar-refractivity contribution is 7.89. The van der Waals surface area contributed by atoms with Crippen LogP contribution in [0, 0.1) is 12.1 Å². The fourth-order valence-electron chi connectivity index (χ4n) is 3.64. The van der Waals surface area contributed by atoms with Gasteiger partial charge in [-0.3, -0.25) is 0 Å². The number of nitrogens with one attached hydrogen (secondary N) is 1. The van der Waals surface area contributed by atoms with Crippen LogP contribution in [0.15, 0.2) is 102 Å². The van der Waals surface area contributed by atoms with Crippen LogP contribution in [0.3, 0.4) is 0 Å². The van der Waals surface area contributed by atoms with Gasteiger partial charge in [0.25, 0.3) is 0 Å². The van der Waals surface area contributed by atoms with Crippen LogP contribution in [0.1, 0.15) is 22.7 Å². The minimum atomic E-state index is -3.77. The van der Waals surface area contributed by atoms with Crippen molar-refractivity contribution >= 4 is 27.0 Å². The van der Waals surface area contributed by atoms with Gasteiger partial charge in [-0.1, -0.05) is 78.4 Å². The van der Waals surface area contributed by atoms with E-state index in [9.17, 15) is 13.6 Å². The van der Waals surface area contributed by atoms with E-state index in [1.807, 2.05) is 79.7 Å². The van der Waals surface area contributed by atoms with Crippen LogP contribution >= 0.6 is 0 Å². The molecule has 0 aliphatic rings. The van der Waals surface area contributed by atoms with Gasteiger partial charge >= 0.3 is 0 Å². The number of sulfonamides is 1. The molecule has 0 spiro atoms. The maximum atomic E-state index is 13.3. The molecular weight excluding hydrogens is 420 g/mol. The Morgan fingerprint density at radius 3 is 2.28 bits per heavy atom. The lowest BCUT2D eigenvalue weighted by Gasteiger charge is -2.20. The van der Waals surface area contributed by atoms with Gasteiger partial charge in [-0.25, -0.2) is 17.9 Å². The summed E-state index contributed by atoms with van der Waals surface area (Å²) in [6.07, 6.45) is 1.49. The number of hydrogen-bond acceptors (Lipinski definition) is 3. The van der Waals surface area contributed by atoms with E-state index >= 15 is 0 Å². The van der Waals surface area contributed by atoms with E-state index in [2.05, 4.69) is 4.72 Å². The lowest BCUT2D eigenvalue weighted by molar-refractivity contribution is -0.500. The van der Waals surface area contributed by atoms with Crippen LogP contribution in [0.2, 0.25) is 0 Å². The summed E-state index contributed by atoms with van der Waals surface area (Å²) in [5.74, 6) is 0. The number of benzene rings is 4. The summed E-state index contributed by atoms with van der Waals surface area (Å²) >= 11 is 0. The van der Waals surface area contributed by atoms with E-state index in [1.165, 1.54) is 6.21 Å². The maximum absolute atomic E-state index is 13.3. The average molecular weight is 445 g/mol. The standard InChI is InChI=1S/C26H24N2O3S/c1-20-14-16-23(17-15-20)32(30,31)27-18-26(28(29)19-21-8-3-2-4-9-21)25-13-7-11-22-10-5-6-12-24(22)25/h2-17,19,26-27H,18H2,1H3/b28-19-. The van der Waals surface area contributed by atoms with Crippen molar-refractivity contribution < 1.29 is 13.2 Å². The van der Waals surface area contributed by atoms with Crippen LogP contribution in [0.25, 0.3) is 10.8 Å². The Morgan fingerprint density at radius 1 is 0.875 bits per heavy atom. The summed E-state index contributed by atoms with van der Waals surface area (Å²) in [5, 5.41) is 15.2. The van der Waals surface area contributed by atoms with Crippen LogP contribution in [0.4, 0.5) is 0 Å². The van der Waals surface area contributed by atoms with Crippen molar-refractivity contribution in [2.75, 3.05) is 6.54 Å². The minimum Gasteiger partial charge on any atom is -0.623 e. The number of hydroxylamine groups is 1. The molecular formula is C26H24N2O3S. The van der Waals surface area contributed by atoms with Gasteiger partial charge in [0.1, 0.15) is 0 Å². The minimum absolute atomic E-state index is 0.0724. The van der Waals surface area contributed by atoms with Crippen molar-refractivity contribution in [2.45, 2.75) is 17.9 Å². The van der Waals surface area contributed by atoms with Crippen molar-refractivity contribution in [3.8, 4) is 0 Å². The van der Waals surface area contributed by atoms with Gasteiger partial charge in [-0.2, -0.15) is 0 Å². The topological polar surface area (TPSA) is 72.2 Å². The molecule has 4 aromatic carbocycles. The molecule has 1 N–H and O–H groups in total. The van der Waals surface area contributed by atoms with Crippen LogP contribution < -0.4 is 4.72 Å². The van der Waals surface area contributed by atoms with Crippen LogP contribution in [0.5, 0.6) is 0 Å². The summed E-state index contributed by atoms with van der Waals surface area (Å²) in [6, 6.07) is 28.6. The van der Waals surface area contributed by atoms with Gasteiger partial charge in [-0.05, 0) is 42.0 Å². The number of aryl methyl sites for hydroxylation is 1. The van der Waals surface area contributed by atoms with Crippen molar-refractivity contribution in [3.05, 3.63) is 119 Å². The van der Waals surface area contributed by atoms with E-state index in [4.69, 9.17) is 0 Å². The first-order chi connectivity index (χ1) is 15.4. The molecule has 1 atom stereocenters. The Bertz CT molecular complexity index is 1340. The van der Waals surface area contributed by atoms with Gasteiger partial charge in [0.15, 0.2) is 6.21 Å². The second-order valence-corrected chi connectivity index (χ2v) is 9.42. The first-order valence-electron chi connectivity index (χ1n) is 10.3. The molecule has 0 heterocycles. The third kappa shape index (κ3) is 4.88. The highest BCUT2D eigenvalue weighted by Crippen LogP contribution is 2.26. The van der Waals surface area contributed by atoms with E-state index in [1.54, 1.807) is 24.3 Å². The second kappa shape index (κ2) is 9.34. The van der Waals surface area contributed by atoms with Gasteiger partial charge in [0.05, 0.1) is 11.4 Å². The van der Waals surface area contributed by atoms with Crippen molar-refractivity contribution in [2.24, 2.45) is 0 Å². The summed E-state index contributed by atoms with van der Waals surface area (Å²) in [6.45, 7) is 1.83. The molecule has 0 radical (unpaired) electrons. The van der Waals surface area contributed by atoms with E-state index in [-0.39, 0.29) is 11.4 Å². The third-order valence-corrected chi connectivity index (χ3v) is 6.80. The lowest BCUT2D eigenvalue weighted by atomic mass is 9.99. The highest BCUT2D eigenvalue weighted by atomic mass is 32.2. The largest absolute Gasteiger partial charge is 0.623 e. The molecule has 0 aliphatic heterocycles. The number of fused-ring (bicyclic) bond motifs is 1. The SMILES string of the molecule is Cc1ccc(S(=O)(=O)NCC(c2cccc3ccccc23)/[N+]([O-])=C/c2ccccc2)cc1. The van der Waals surface area contributed by atoms with E-state index in [0.717, 1.165) is 32.2 Å². The zero-order valence-corrected chi connectivity index (χ0v) is 18.5. The predicted molar refractivity (Wildman–Crippen MR) is 128 cm³/mol. The second-order valence-electron chi connectivity index (χ2n) is 7.65.